The molecule has 1 aliphatic heterocycles. The fourth-order valence-corrected chi connectivity index (χ4v) is 3.68. The molecule has 1 N–H and O–H groups in total. The van der Waals surface area contributed by atoms with Crippen LogP contribution in [0.25, 0.3) is 11.4 Å². The third-order valence-electron chi connectivity index (χ3n) is 5.31. The van der Waals surface area contributed by atoms with Gasteiger partial charge in [0.15, 0.2) is 0 Å². The largest absolute Gasteiger partial charge is 0.352 e. The normalized spacial score (nSPS) is 16.0. The van der Waals surface area contributed by atoms with E-state index in [4.69, 9.17) is 16.7 Å². The van der Waals surface area contributed by atoms with Gasteiger partial charge in [-0.05, 0) is 26.0 Å². The van der Waals surface area contributed by atoms with Crippen molar-refractivity contribution in [3.63, 3.8) is 0 Å². The van der Waals surface area contributed by atoms with Crippen molar-refractivity contribution in [1.82, 2.24) is 24.9 Å². The van der Waals surface area contributed by atoms with Gasteiger partial charge in [-0.25, -0.2) is 0 Å². The molecule has 1 unspecified atom stereocenters. The van der Waals surface area contributed by atoms with E-state index in [2.05, 4.69) is 26.9 Å². The van der Waals surface area contributed by atoms with Gasteiger partial charge in [0.05, 0.1) is 11.6 Å². The molecule has 0 spiro atoms. The van der Waals surface area contributed by atoms with Gasteiger partial charge < -0.3 is 14.4 Å². The molecule has 0 saturated carbocycles. The number of nitrogens with zero attached hydrogens (tertiary/aromatic N) is 4. The van der Waals surface area contributed by atoms with E-state index in [0.717, 1.165) is 18.7 Å². The fraction of sp³-hybridized carbons (Fsp3) is 0.333. The lowest BCUT2D eigenvalue weighted by molar-refractivity contribution is 0.0551. The molecule has 29 heavy (non-hydrogen) atoms. The minimum atomic E-state index is -0.0291. The first kappa shape index (κ1) is 19.5. The van der Waals surface area contributed by atoms with E-state index in [1.807, 2.05) is 36.1 Å². The van der Waals surface area contributed by atoms with E-state index in [1.165, 1.54) is 5.56 Å². The minimum absolute atomic E-state index is 0.0153. The molecular formula is C21H23N5O2S. The number of hydrogen-bond acceptors (Lipinski definition) is 6. The third kappa shape index (κ3) is 4.13. The van der Waals surface area contributed by atoms with Crippen molar-refractivity contribution < 1.29 is 9.32 Å². The predicted molar refractivity (Wildman–Crippen MR) is 112 cm³/mol. The summed E-state index contributed by atoms with van der Waals surface area (Å²) in [5, 5.41) is 4.13. The lowest BCUT2D eigenvalue weighted by Crippen LogP contribution is -2.49. The molecule has 0 radical (unpaired) electrons. The van der Waals surface area contributed by atoms with Gasteiger partial charge in [-0.15, -0.1) is 0 Å². The first-order chi connectivity index (χ1) is 14.0. The van der Waals surface area contributed by atoms with Gasteiger partial charge in [-0.2, -0.15) is 4.98 Å². The number of piperazine rings is 1. The molecule has 1 atom stereocenters. The van der Waals surface area contributed by atoms with Crippen molar-refractivity contribution >= 4 is 18.1 Å². The zero-order chi connectivity index (χ0) is 20.4. The van der Waals surface area contributed by atoms with Crippen molar-refractivity contribution in [3.05, 3.63) is 64.3 Å². The topological polar surface area (TPSA) is 78.3 Å². The Kier molecular flexibility index (Phi) is 5.55. The fourth-order valence-electron chi connectivity index (χ4n) is 3.45. The highest BCUT2D eigenvalue weighted by molar-refractivity contribution is 7.71. The molecule has 150 valence electrons. The van der Waals surface area contributed by atoms with Crippen LogP contribution in [0, 0.1) is 11.6 Å². The molecule has 1 aromatic carbocycles. The van der Waals surface area contributed by atoms with Gasteiger partial charge in [0.25, 0.3) is 5.91 Å². The van der Waals surface area contributed by atoms with Crippen molar-refractivity contribution in [3.8, 4) is 11.4 Å². The van der Waals surface area contributed by atoms with Crippen molar-refractivity contribution in [2.45, 2.75) is 19.9 Å². The molecule has 2 aromatic heterocycles. The minimum Gasteiger partial charge on any atom is -0.352 e. The molecule has 7 nitrogen and oxygen atoms in total. The molecule has 8 heteroatoms. The Balaban J connectivity index is 1.40. The molecule has 0 aliphatic carbocycles. The average molecular weight is 410 g/mol. The summed E-state index contributed by atoms with van der Waals surface area (Å²) in [5.41, 5.74) is 2.67. The van der Waals surface area contributed by atoms with Gasteiger partial charge in [0.1, 0.15) is 4.64 Å². The van der Waals surface area contributed by atoms with Crippen LogP contribution in [0.1, 0.15) is 34.8 Å². The zero-order valence-electron chi connectivity index (χ0n) is 16.5. The number of nitrogens with one attached hydrogen (secondary N) is 1. The quantitative estimate of drug-likeness (QED) is 0.663. The summed E-state index contributed by atoms with van der Waals surface area (Å²) in [4.78, 5) is 24.3. The van der Waals surface area contributed by atoms with E-state index in [-0.39, 0.29) is 11.9 Å². The molecule has 1 aliphatic rings. The average Bonchev–Trinajstić information content (AvgIpc) is 3.24. The van der Waals surface area contributed by atoms with Crippen LogP contribution in [0.5, 0.6) is 0 Å². The molecule has 3 aromatic rings. The van der Waals surface area contributed by atoms with Gasteiger partial charge >= 0.3 is 0 Å². The van der Waals surface area contributed by atoms with Crippen LogP contribution in [-0.4, -0.2) is 57.0 Å². The van der Waals surface area contributed by atoms with Crippen LogP contribution in [0.2, 0.25) is 0 Å². The summed E-state index contributed by atoms with van der Waals surface area (Å²) < 4.78 is 6.00. The monoisotopic (exact) mass is 409 g/mol. The summed E-state index contributed by atoms with van der Waals surface area (Å²) in [6, 6.07) is 11.6. The maximum Gasteiger partial charge on any atom is 0.256 e. The second-order valence-electron chi connectivity index (χ2n) is 7.24. The van der Waals surface area contributed by atoms with Gasteiger partial charge in [-0.1, -0.05) is 47.2 Å². The first-order valence-corrected chi connectivity index (χ1v) is 10.1. The Morgan fingerprint density at radius 3 is 2.59 bits per heavy atom. The van der Waals surface area contributed by atoms with E-state index in [9.17, 15) is 4.79 Å². The van der Waals surface area contributed by atoms with E-state index < -0.39 is 0 Å². The second kappa shape index (κ2) is 8.26. The summed E-state index contributed by atoms with van der Waals surface area (Å²) in [6.07, 6.45) is 1.73. The number of aromatic amines is 1. The van der Waals surface area contributed by atoms with Crippen LogP contribution in [-0.2, 0) is 0 Å². The Morgan fingerprint density at radius 1 is 1.17 bits per heavy atom. The maximum atomic E-state index is 12.7. The van der Waals surface area contributed by atoms with Crippen LogP contribution in [0.4, 0.5) is 0 Å². The standard InChI is InChI=1S/C21H23N5O2S/c1-14-5-7-16(8-6-14)18-23-19(28-24-18)15(2)25-10-12-26(13-11-25)21(27)17-4-3-9-22-20(17)29/h3-9,15H,10-13H2,1-2H3,(H,22,29). The Morgan fingerprint density at radius 2 is 1.90 bits per heavy atom. The van der Waals surface area contributed by atoms with Crippen LogP contribution >= 0.6 is 12.2 Å². The summed E-state index contributed by atoms with van der Waals surface area (Å²) in [7, 11) is 0. The highest BCUT2D eigenvalue weighted by Gasteiger charge is 2.28. The molecule has 1 fully saturated rings. The third-order valence-corrected chi connectivity index (χ3v) is 5.64. The highest BCUT2D eigenvalue weighted by atomic mass is 32.1. The lowest BCUT2D eigenvalue weighted by atomic mass is 10.1. The number of hydrogen-bond donors (Lipinski definition) is 1. The van der Waals surface area contributed by atoms with Crippen LogP contribution in [0.15, 0.2) is 47.1 Å². The molecule has 4 rings (SSSR count). The summed E-state index contributed by atoms with van der Waals surface area (Å²) in [5.74, 6) is 1.16. The van der Waals surface area contributed by atoms with Crippen molar-refractivity contribution in [2.75, 3.05) is 26.2 Å². The number of carbonyl (C=O) groups is 1. The number of carbonyl (C=O) groups excluding carboxylic acids is 1. The number of H-pyrrole nitrogens is 1. The number of aryl methyl sites for hydroxylation is 1. The van der Waals surface area contributed by atoms with Gasteiger partial charge in [0, 0.05) is 37.9 Å². The molecule has 1 saturated heterocycles. The Hall–Kier alpha value is -2.84. The van der Waals surface area contributed by atoms with Crippen LogP contribution in [0.3, 0.4) is 0 Å². The summed E-state index contributed by atoms with van der Waals surface area (Å²) in [6.45, 7) is 6.83. The first-order valence-electron chi connectivity index (χ1n) is 9.64. The number of rotatable bonds is 4. The Labute approximate surface area is 174 Å². The predicted octanol–water partition coefficient (Wildman–Crippen LogP) is 3.62. The number of aromatic nitrogens is 3. The summed E-state index contributed by atoms with van der Waals surface area (Å²) >= 11 is 5.23. The lowest BCUT2D eigenvalue weighted by Gasteiger charge is -2.36. The van der Waals surface area contributed by atoms with Gasteiger partial charge in [0.2, 0.25) is 11.7 Å². The van der Waals surface area contributed by atoms with E-state index >= 15 is 0 Å². The SMILES string of the molecule is Cc1ccc(-c2noc(C(C)N3CCN(C(=O)c4ccc[nH]c4=S)CC3)n2)cc1. The highest BCUT2D eigenvalue weighted by Crippen LogP contribution is 2.24. The van der Waals surface area contributed by atoms with Crippen molar-refractivity contribution in [1.29, 1.82) is 0 Å². The zero-order valence-corrected chi connectivity index (χ0v) is 17.3. The number of benzene rings is 1. The molecule has 0 bridgehead atoms. The molecule has 3 heterocycles. The number of amides is 1. The van der Waals surface area contributed by atoms with E-state index in [0.29, 0.717) is 35.0 Å². The molecule has 1 amide bonds. The van der Waals surface area contributed by atoms with E-state index in [1.54, 1.807) is 18.3 Å². The van der Waals surface area contributed by atoms with Gasteiger partial charge in [-0.3, -0.25) is 9.69 Å². The smallest absolute Gasteiger partial charge is 0.256 e. The van der Waals surface area contributed by atoms with Crippen molar-refractivity contribution in [2.24, 2.45) is 0 Å². The Bertz CT molecular complexity index is 1050. The molecular weight excluding hydrogens is 386 g/mol. The maximum absolute atomic E-state index is 12.7. The number of pyridine rings is 1. The van der Waals surface area contributed by atoms with Crippen LogP contribution < -0.4 is 0 Å². The second-order valence-corrected chi connectivity index (χ2v) is 7.65.